The third-order valence-corrected chi connectivity index (χ3v) is 4.64. The van der Waals surface area contributed by atoms with Gasteiger partial charge in [0, 0.05) is 30.9 Å². The normalized spacial score (nSPS) is 21.8. The number of aromatic nitrogens is 1. The van der Waals surface area contributed by atoms with Gasteiger partial charge in [-0.1, -0.05) is 19.9 Å². The number of hydrogen-bond donors (Lipinski definition) is 1. The van der Waals surface area contributed by atoms with E-state index in [1.165, 1.54) is 25.0 Å². The minimum Gasteiger partial charge on any atom is -0.310 e. The van der Waals surface area contributed by atoms with Crippen LogP contribution in [0.3, 0.4) is 0 Å². The van der Waals surface area contributed by atoms with Crippen molar-refractivity contribution in [2.45, 2.75) is 51.6 Å². The lowest BCUT2D eigenvalue weighted by molar-refractivity contribution is 0.154. The molecular formula is C16H27N3. The largest absolute Gasteiger partial charge is 0.310 e. The molecule has 0 saturated carbocycles. The molecule has 1 aromatic heterocycles. The van der Waals surface area contributed by atoms with E-state index in [0.29, 0.717) is 6.04 Å². The molecule has 0 amide bonds. The molecule has 0 aliphatic carbocycles. The molecule has 0 radical (unpaired) electrons. The molecule has 0 aromatic carbocycles. The van der Waals surface area contributed by atoms with Crippen LogP contribution in [0.2, 0.25) is 0 Å². The molecule has 0 spiro atoms. The van der Waals surface area contributed by atoms with Crippen molar-refractivity contribution in [1.29, 1.82) is 0 Å². The maximum atomic E-state index is 4.52. The van der Waals surface area contributed by atoms with Crippen molar-refractivity contribution in [2.75, 3.05) is 19.6 Å². The van der Waals surface area contributed by atoms with Crippen LogP contribution in [0.4, 0.5) is 0 Å². The first-order valence-corrected chi connectivity index (χ1v) is 7.61. The summed E-state index contributed by atoms with van der Waals surface area (Å²) in [7, 11) is 0. The molecule has 0 bridgehead atoms. The predicted octanol–water partition coefficient (Wildman–Crippen LogP) is 3.00. The second-order valence-electron chi connectivity index (χ2n) is 5.67. The first-order valence-electron chi connectivity index (χ1n) is 7.61. The van der Waals surface area contributed by atoms with E-state index >= 15 is 0 Å². The van der Waals surface area contributed by atoms with Crippen LogP contribution < -0.4 is 5.32 Å². The van der Waals surface area contributed by atoms with E-state index < -0.39 is 0 Å². The summed E-state index contributed by atoms with van der Waals surface area (Å²) in [6.07, 6.45) is 5.50. The third kappa shape index (κ3) is 3.34. The van der Waals surface area contributed by atoms with Crippen molar-refractivity contribution in [3.8, 4) is 0 Å². The Morgan fingerprint density at radius 2 is 2.16 bits per heavy atom. The molecule has 1 fully saturated rings. The zero-order valence-electron chi connectivity index (χ0n) is 12.5. The van der Waals surface area contributed by atoms with E-state index in [1.54, 1.807) is 0 Å². The molecule has 1 atom stereocenters. The Morgan fingerprint density at radius 1 is 1.37 bits per heavy atom. The third-order valence-electron chi connectivity index (χ3n) is 4.64. The summed E-state index contributed by atoms with van der Waals surface area (Å²) in [5.41, 5.74) is 1.46. The van der Waals surface area contributed by atoms with E-state index in [2.05, 4.69) is 48.1 Å². The summed E-state index contributed by atoms with van der Waals surface area (Å²) < 4.78 is 0. The Hall–Kier alpha value is -0.930. The van der Waals surface area contributed by atoms with Crippen molar-refractivity contribution in [2.24, 2.45) is 0 Å². The van der Waals surface area contributed by atoms with Crippen LogP contribution in [-0.2, 0) is 0 Å². The minimum atomic E-state index is 0.277. The van der Waals surface area contributed by atoms with Crippen molar-refractivity contribution in [3.05, 3.63) is 30.1 Å². The van der Waals surface area contributed by atoms with Gasteiger partial charge >= 0.3 is 0 Å². The number of rotatable bonds is 4. The lowest BCUT2D eigenvalue weighted by Gasteiger charge is -2.37. The van der Waals surface area contributed by atoms with E-state index in [-0.39, 0.29) is 5.54 Å². The molecular weight excluding hydrogens is 234 g/mol. The van der Waals surface area contributed by atoms with Gasteiger partial charge in [-0.3, -0.25) is 9.88 Å². The van der Waals surface area contributed by atoms with Gasteiger partial charge in [0.1, 0.15) is 0 Å². The Kier molecular flexibility index (Phi) is 4.94. The molecule has 106 valence electrons. The lowest BCUT2D eigenvalue weighted by Crippen LogP contribution is -2.51. The molecule has 3 heteroatoms. The molecule has 1 N–H and O–H groups in total. The van der Waals surface area contributed by atoms with Gasteiger partial charge in [-0.15, -0.1) is 0 Å². The summed E-state index contributed by atoms with van der Waals surface area (Å²) in [4.78, 5) is 7.11. The Labute approximate surface area is 117 Å². The molecule has 1 aromatic rings. The molecule has 2 rings (SSSR count). The fourth-order valence-corrected chi connectivity index (χ4v) is 3.02. The molecule has 1 unspecified atom stereocenters. The Balaban J connectivity index is 2.14. The zero-order chi connectivity index (χ0) is 13.7. The van der Waals surface area contributed by atoms with Crippen LogP contribution in [0.5, 0.6) is 0 Å². The van der Waals surface area contributed by atoms with E-state index in [1.807, 2.05) is 12.3 Å². The minimum absolute atomic E-state index is 0.277. The SMILES string of the molecule is CCC1(CC)CN(C(C)c2ccccn2)CCCN1. The van der Waals surface area contributed by atoms with Crippen LogP contribution >= 0.6 is 0 Å². The van der Waals surface area contributed by atoms with Crippen molar-refractivity contribution >= 4 is 0 Å². The van der Waals surface area contributed by atoms with Gasteiger partial charge in [-0.25, -0.2) is 0 Å². The average Bonchev–Trinajstić information content (AvgIpc) is 2.70. The number of pyridine rings is 1. The molecule has 1 aliphatic heterocycles. The van der Waals surface area contributed by atoms with E-state index in [9.17, 15) is 0 Å². The molecule has 1 aliphatic rings. The average molecular weight is 261 g/mol. The second-order valence-corrected chi connectivity index (χ2v) is 5.67. The smallest absolute Gasteiger partial charge is 0.0572 e. The highest BCUT2D eigenvalue weighted by Gasteiger charge is 2.32. The Bertz CT molecular complexity index is 373. The monoisotopic (exact) mass is 261 g/mol. The van der Waals surface area contributed by atoms with Crippen LogP contribution in [0.25, 0.3) is 0 Å². The summed E-state index contributed by atoms with van der Waals surface area (Å²) in [5.74, 6) is 0. The van der Waals surface area contributed by atoms with Crippen molar-refractivity contribution in [1.82, 2.24) is 15.2 Å². The summed E-state index contributed by atoms with van der Waals surface area (Å²) in [6, 6.07) is 6.62. The molecule has 3 nitrogen and oxygen atoms in total. The summed E-state index contributed by atoms with van der Waals surface area (Å²) in [5, 5.41) is 3.77. The maximum Gasteiger partial charge on any atom is 0.0572 e. The molecule has 2 heterocycles. The van der Waals surface area contributed by atoms with Crippen LogP contribution in [0.1, 0.15) is 51.8 Å². The van der Waals surface area contributed by atoms with Crippen molar-refractivity contribution in [3.63, 3.8) is 0 Å². The van der Waals surface area contributed by atoms with Gasteiger partial charge < -0.3 is 5.32 Å². The summed E-state index contributed by atoms with van der Waals surface area (Å²) >= 11 is 0. The standard InChI is InChI=1S/C16H27N3/c1-4-16(5-2)13-19(12-8-11-18-16)14(3)15-9-6-7-10-17-15/h6-7,9-10,14,18H,4-5,8,11-13H2,1-3H3. The number of nitrogens with zero attached hydrogens (tertiary/aromatic N) is 2. The van der Waals surface area contributed by atoms with Gasteiger partial charge in [0.25, 0.3) is 0 Å². The highest BCUT2D eigenvalue weighted by molar-refractivity contribution is 5.09. The molecule has 1 saturated heterocycles. The first kappa shape index (κ1) is 14.5. The predicted molar refractivity (Wildman–Crippen MR) is 80.2 cm³/mol. The second kappa shape index (κ2) is 6.49. The van der Waals surface area contributed by atoms with E-state index in [0.717, 1.165) is 19.6 Å². The first-order chi connectivity index (χ1) is 9.21. The van der Waals surface area contributed by atoms with Gasteiger partial charge in [0.05, 0.1) is 5.69 Å². The van der Waals surface area contributed by atoms with Crippen LogP contribution in [0.15, 0.2) is 24.4 Å². The van der Waals surface area contributed by atoms with Gasteiger partial charge in [-0.05, 0) is 44.9 Å². The van der Waals surface area contributed by atoms with Crippen molar-refractivity contribution < 1.29 is 0 Å². The number of hydrogen-bond acceptors (Lipinski definition) is 3. The maximum absolute atomic E-state index is 4.52. The van der Waals surface area contributed by atoms with Crippen LogP contribution in [-0.4, -0.2) is 35.1 Å². The quantitative estimate of drug-likeness (QED) is 0.903. The number of nitrogens with one attached hydrogen (secondary N) is 1. The van der Waals surface area contributed by atoms with Gasteiger partial charge in [-0.2, -0.15) is 0 Å². The zero-order valence-corrected chi connectivity index (χ0v) is 12.5. The van der Waals surface area contributed by atoms with Crippen LogP contribution in [0, 0.1) is 0 Å². The topological polar surface area (TPSA) is 28.2 Å². The Morgan fingerprint density at radius 3 is 2.79 bits per heavy atom. The van der Waals surface area contributed by atoms with Gasteiger partial charge in [0.15, 0.2) is 0 Å². The fraction of sp³-hybridized carbons (Fsp3) is 0.688. The van der Waals surface area contributed by atoms with E-state index in [4.69, 9.17) is 0 Å². The highest BCUT2D eigenvalue weighted by atomic mass is 15.2. The van der Waals surface area contributed by atoms with Gasteiger partial charge in [0.2, 0.25) is 0 Å². The molecule has 19 heavy (non-hydrogen) atoms. The summed E-state index contributed by atoms with van der Waals surface area (Å²) in [6.45, 7) is 10.3. The fourth-order valence-electron chi connectivity index (χ4n) is 3.02. The highest BCUT2D eigenvalue weighted by Crippen LogP contribution is 2.26. The lowest BCUT2D eigenvalue weighted by atomic mass is 9.92.